The predicted molar refractivity (Wildman–Crippen MR) is 86.0 cm³/mol. The summed E-state index contributed by atoms with van der Waals surface area (Å²) in [4.78, 5) is 26.3. The van der Waals surface area contributed by atoms with Crippen LogP contribution in [0.3, 0.4) is 0 Å². The second-order valence-corrected chi connectivity index (χ2v) is 5.93. The molecule has 0 atom stereocenters. The van der Waals surface area contributed by atoms with Crippen LogP contribution in [-0.4, -0.2) is 21.6 Å². The van der Waals surface area contributed by atoms with Gasteiger partial charge >= 0.3 is 0 Å². The summed E-state index contributed by atoms with van der Waals surface area (Å²) in [5.41, 5.74) is 1.68. The molecule has 108 valence electrons. The highest BCUT2D eigenvalue weighted by Crippen LogP contribution is 2.35. The first-order valence-corrected chi connectivity index (χ1v) is 7.48. The molecule has 0 fully saturated rings. The summed E-state index contributed by atoms with van der Waals surface area (Å²) in [6.45, 7) is 0. The summed E-state index contributed by atoms with van der Waals surface area (Å²) in [6.07, 6.45) is 0. The van der Waals surface area contributed by atoms with Crippen LogP contribution in [0.2, 0.25) is 0 Å². The molecule has 2 aromatic carbocycles. The maximum Gasteiger partial charge on any atom is 0.267 e. The summed E-state index contributed by atoms with van der Waals surface area (Å²) < 4.78 is 2.53. The fourth-order valence-electron chi connectivity index (χ4n) is 2.82. The van der Waals surface area contributed by atoms with Crippen molar-refractivity contribution >= 4 is 44.5 Å². The third-order valence-corrected chi connectivity index (χ3v) is 4.44. The fraction of sp³-hybridized carbons (Fsp3) is 0.0625. The smallest absolute Gasteiger partial charge is 0.267 e. The molecule has 0 unspecified atom stereocenters. The average Bonchev–Trinajstić information content (AvgIpc) is 2.97. The van der Waals surface area contributed by atoms with E-state index in [9.17, 15) is 9.59 Å². The number of nitrogens with zero attached hydrogens (tertiary/aromatic N) is 3. The standard InChI is InChI=1S/C16H10BrN3O2/c1-19-13-11(7-4-8-12(13)17)14(18-19)20-15(21)9-5-2-3-6-10(9)16(20)22/h2-8H,1H3. The minimum atomic E-state index is -0.333. The van der Waals surface area contributed by atoms with Crippen LogP contribution in [-0.2, 0) is 7.05 Å². The Morgan fingerprint density at radius 3 is 2.23 bits per heavy atom. The van der Waals surface area contributed by atoms with Crippen molar-refractivity contribution in [2.75, 3.05) is 4.90 Å². The zero-order chi connectivity index (χ0) is 15.4. The van der Waals surface area contributed by atoms with Gasteiger partial charge in [0.2, 0.25) is 0 Å². The number of carbonyl (C=O) groups is 2. The first kappa shape index (κ1) is 13.2. The van der Waals surface area contributed by atoms with Gasteiger partial charge in [-0.1, -0.05) is 18.2 Å². The largest absolute Gasteiger partial charge is 0.268 e. The Kier molecular flexibility index (Phi) is 2.71. The van der Waals surface area contributed by atoms with Gasteiger partial charge in [-0.05, 0) is 40.2 Å². The number of imide groups is 1. The maximum absolute atomic E-state index is 12.6. The molecule has 5 nitrogen and oxygen atoms in total. The minimum absolute atomic E-state index is 0.333. The topological polar surface area (TPSA) is 55.2 Å². The van der Waals surface area contributed by atoms with Crippen molar-refractivity contribution in [3.63, 3.8) is 0 Å². The fourth-order valence-corrected chi connectivity index (χ4v) is 3.44. The third kappa shape index (κ3) is 1.61. The molecule has 0 N–H and O–H groups in total. The molecule has 0 aliphatic carbocycles. The molecule has 2 heterocycles. The molecular weight excluding hydrogens is 346 g/mol. The number of amides is 2. The first-order chi connectivity index (χ1) is 10.6. The molecule has 1 aliphatic heterocycles. The number of rotatable bonds is 1. The summed E-state index contributed by atoms with van der Waals surface area (Å²) in [7, 11) is 1.79. The number of anilines is 1. The number of hydrogen-bond acceptors (Lipinski definition) is 3. The molecular formula is C16H10BrN3O2. The van der Waals surface area contributed by atoms with E-state index in [1.807, 2.05) is 18.2 Å². The highest BCUT2D eigenvalue weighted by atomic mass is 79.9. The molecule has 3 aromatic rings. The van der Waals surface area contributed by atoms with Crippen LogP contribution in [0.25, 0.3) is 10.9 Å². The van der Waals surface area contributed by atoms with Crippen molar-refractivity contribution in [2.24, 2.45) is 7.05 Å². The number of hydrogen-bond donors (Lipinski definition) is 0. The lowest BCUT2D eigenvalue weighted by atomic mass is 10.1. The quantitative estimate of drug-likeness (QED) is 0.630. The normalized spacial score (nSPS) is 14.0. The Hall–Kier alpha value is -2.47. The molecule has 4 rings (SSSR count). The van der Waals surface area contributed by atoms with Gasteiger partial charge in [-0.2, -0.15) is 5.10 Å². The molecule has 0 bridgehead atoms. The van der Waals surface area contributed by atoms with Crippen LogP contribution in [0.15, 0.2) is 46.9 Å². The maximum atomic E-state index is 12.6. The van der Waals surface area contributed by atoms with E-state index in [0.717, 1.165) is 20.3 Å². The lowest BCUT2D eigenvalue weighted by molar-refractivity contribution is 0.0925. The van der Waals surface area contributed by atoms with Gasteiger partial charge in [0, 0.05) is 16.9 Å². The Morgan fingerprint density at radius 1 is 0.955 bits per heavy atom. The van der Waals surface area contributed by atoms with E-state index in [1.54, 1.807) is 36.0 Å². The van der Waals surface area contributed by atoms with Gasteiger partial charge in [-0.3, -0.25) is 14.3 Å². The lowest BCUT2D eigenvalue weighted by Crippen LogP contribution is -2.30. The number of para-hydroxylation sites is 1. The van der Waals surface area contributed by atoms with Crippen LogP contribution in [0.5, 0.6) is 0 Å². The molecule has 6 heteroatoms. The second-order valence-electron chi connectivity index (χ2n) is 5.07. The number of fused-ring (bicyclic) bond motifs is 2. The van der Waals surface area contributed by atoms with Crippen LogP contribution in [0.4, 0.5) is 5.82 Å². The Balaban J connectivity index is 1.97. The predicted octanol–water partition coefficient (Wildman–Crippen LogP) is 3.14. The molecule has 22 heavy (non-hydrogen) atoms. The number of benzene rings is 2. The van der Waals surface area contributed by atoms with E-state index in [2.05, 4.69) is 21.0 Å². The molecule has 2 amide bonds. The van der Waals surface area contributed by atoms with Crippen molar-refractivity contribution in [2.45, 2.75) is 0 Å². The van der Waals surface area contributed by atoms with Gasteiger partial charge in [0.1, 0.15) is 0 Å². The summed E-state index contributed by atoms with van der Waals surface area (Å²) in [5, 5.41) is 5.14. The van der Waals surface area contributed by atoms with E-state index in [-0.39, 0.29) is 11.8 Å². The number of carbonyl (C=O) groups excluding carboxylic acids is 2. The van der Waals surface area contributed by atoms with Gasteiger partial charge < -0.3 is 0 Å². The van der Waals surface area contributed by atoms with E-state index in [1.165, 1.54) is 0 Å². The minimum Gasteiger partial charge on any atom is -0.268 e. The Morgan fingerprint density at radius 2 is 1.59 bits per heavy atom. The second kappa shape index (κ2) is 4.51. The van der Waals surface area contributed by atoms with E-state index >= 15 is 0 Å². The molecule has 1 aliphatic rings. The average molecular weight is 356 g/mol. The Bertz CT molecular complexity index is 926. The molecule has 0 saturated heterocycles. The van der Waals surface area contributed by atoms with Crippen molar-refractivity contribution in [1.82, 2.24) is 9.78 Å². The zero-order valence-electron chi connectivity index (χ0n) is 11.6. The van der Waals surface area contributed by atoms with Crippen LogP contribution >= 0.6 is 15.9 Å². The highest BCUT2D eigenvalue weighted by Gasteiger charge is 2.38. The molecule has 0 radical (unpaired) electrons. The molecule has 0 saturated carbocycles. The summed E-state index contributed by atoms with van der Waals surface area (Å²) in [5.74, 6) is -0.300. The highest BCUT2D eigenvalue weighted by molar-refractivity contribution is 9.10. The molecule has 1 aromatic heterocycles. The van der Waals surface area contributed by atoms with Crippen molar-refractivity contribution in [3.8, 4) is 0 Å². The van der Waals surface area contributed by atoms with Crippen LogP contribution in [0.1, 0.15) is 20.7 Å². The van der Waals surface area contributed by atoms with Crippen LogP contribution < -0.4 is 4.90 Å². The number of aromatic nitrogens is 2. The van der Waals surface area contributed by atoms with Crippen molar-refractivity contribution in [1.29, 1.82) is 0 Å². The van der Waals surface area contributed by atoms with Gasteiger partial charge in [0.05, 0.1) is 16.6 Å². The molecule has 0 spiro atoms. The Labute approximate surface area is 134 Å². The van der Waals surface area contributed by atoms with Gasteiger partial charge in [-0.25, -0.2) is 4.90 Å². The van der Waals surface area contributed by atoms with Gasteiger partial charge in [-0.15, -0.1) is 0 Å². The van der Waals surface area contributed by atoms with Crippen LogP contribution in [0, 0.1) is 0 Å². The lowest BCUT2D eigenvalue weighted by Gasteiger charge is -2.10. The summed E-state index contributed by atoms with van der Waals surface area (Å²) in [6, 6.07) is 12.4. The zero-order valence-corrected chi connectivity index (χ0v) is 13.2. The van der Waals surface area contributed by atoms with Gasteiger partial charge in [0.15, 0.2) is 5.82 Å². The van der Waals surface area contributed by atoms with Gasteiger partial charge in [0.25, 0.3) is 11.8 Å². The van der Waals surface area contributed by atoms with Crippen molar-refractivity contribution in [3.05, 3.63) is 58.1 Å². The van der Waals surface area contributed by atoms with Crippen molar-refractivity contribution < 1.29 is 9.59 Å². The van der Waals surface area contributed by atoms with E-state index in [4.69, 9.17) is 0 Å². The van der Waals surface area contributed by atoms with E-state index < -0.39 is 0 Å². The van der Waals surface area contributed by atoms with E-state index in [0.29, 0.717) is 16.9 Å². The monoisotopic (exact) mass is 355 g/mol. The number of aryl methyl sites for hydroxylation is 1. The SMILES string of the molecule is Cn1nc(N2C(=O)c3ccccc3C2=O)c2cccc(Br)c21. The first-order valence-electron chi connectivity index (χ1n) is 6.68. The number of halogens is 1. The third-order valence-electron chi connectivity index (χ3n) is 3.80. The summed E-state index contributed by atoms with van der Waals surface area (Å²) >= 11 is 3.48.